The van der Waals surface area contributed by atoms with Crippen molar-refractivity contribution in [2.45, 2.75) is 48.0 Å². The van der Waals surface area contributed by atoms with Crippen molar-refractivity contribution in [3.05, 3.63) is 59.2 Å². The fraction of sp³-hybridized carbons (Fsp3) is 0.409. The van der Waals surface area contributed by atoms with E-state index in [0.717, 1.165) is 5.56 Å². The molecular formula is C22H27NO3. The summed E-state index contributed by atoms with van der Waals surface area (Å²) in [4.78, 5) is 30.0. The second-order valence-corrected chi connectivity index (χ2v) is 8.59. The molecule has 0 radical (unpaired) electrons. The molecule has 0 atom stereocenters. The molecule has 138 valence electrons. The summed E-state index contributed by atoms with van der Waals surface area (Å²) in [5.74, 6) is -0.406. The number of carbonyl (C=O) groups is 2. The number of allylic oxidation sites excluding steroid dienone is 4. The molecule has 26 heavy (non-hydrogen) atoms. The Morgan fingerprint density at radius 2 is 1.42 bits per heavy atom. The van der Waals surface area contributed by atoms with Gasteiger partial charge in [-0.25, -0.2) is 4.79 Å². The summed E-state index contributed by atoms with van der Waals surface area (Å²) in [6.45, 7) is 11.9. The number of rotatable bonds is 3. The average molecular weight is 353 g/mol. The molecule has 0 bridgehead atoms. The minimum Gasteiger partial charge on any atom is -0.317 e. The highest BCUT2D eigenvalue weighted by Gasteiger charge is 2.34. The monoisotopic (exact) mass is 353 g/mol. The van der Waals surface area contributed by atoms with Crippen LogP contribution in [0.4, 0.5) is 0 Å². The van der Waals surface area contributed by atoms with E-state index in [4.69, 9.17) is 4.84 Å². The maximum absolute atomic E-state index is 12.8. The molecule has 4 nitrogen and oxygen atoms in total. The summed E-state index contributed by atoms with van der Waals surface area (Å²) in [6.07, 6.45) is 3.59. The Labute approximate surface area is 155 Å². The molecule has 1 aromatic carbocycles. The number of oxime groups is 1. The summed E-state index contributed by atoms with van der Waals surface area (Å²) < 4.78 is 0. The van der Waals surface area contributed by atoms with Crippen LogP contribution in [0, 0.1) is 10.8 Å². The molecular weight excluding hydrogens is 326 g/mol. The normalized spacial score (nSPS) is 15.3. The van der Waals surface area contributed by atoms with Gasteiger partial charge in [0, 0.05) is 11.1 Å². The summed E-state index contributed by atoms with van der Waals surface area (Å²) in [7, 11) is 0. The zero-order valence-electron chi connectivity index (χ0n) is 16.4. The van der Waals surface area contributed by atoms with Crippen molar-refractivity contribution in [3.63, 3.8) is 0 Å². The fourth-order valence-corrected chi connectivity index (χ4v) is 2.68. The maximum atomic E-state index is 12.8. The van der Waals surface area contributed by atoms with Crippen molar-refractivity contribution in [3.8, 4) is 0 Å². The predicted molar refractivity (Wildman–Crippen MR) is 104 cm³/mol. The number of hydrogen-bond acceptors (Lipinski definition) is 4. The van der Waals surface area contributed by atoms with E-state index in [9.17, 15) is 9.59 Å². The largest absolute Gasteiger partial charge is 0.339 e. The number of Topliss-reactive ketones (excluding diaryl/α,β-unsaturated/α-hetero) is 1. The highest BCUT2D eigenvalue weighted by Crippen LogP contribution is 2.36. The molecule has 0 heterocycles. The average Bonchev–Trinajstić information content (AvgIpc) is 2.52. The van der Waals surface area contributed by atoms with Crippen molar-refractivity contribution in [1.82, 2.24) is 0 Å². The molecule has 0 saturated heterocycles. The standard InChI is InChI=1S/C22H27NO3/c1-21(2,3)17-13-16(14-18(20(17)25)22(4,5)6)23-26-19(24)12-15-10-8-7-9-11-15/h7-11,13-14H,12H2,1-6H3. The van der Waals surface area contributed by atoms with Crippen molar-refractivity contribution >= 4 is 17.5 Å². The Morgan fingerprint density at radius 3 is 1.88 bits per heavy atom. The third kappa shape index (κ3) is 5.01. The van der Waals surface area contributed by atoms with Crippen LogP contribution in [0.5, 0.6) is 0 Å². The van der Waals surface area contributed by atoms with Gasteiger partial charge in [-0.2, -0.15) is 0 Å². The molecule has 0 aromatic heterocycles. The molecule has 1 aliphatic rings. The van der Waals surface area contributed by atoms with E-state index in [1.165, 1.54) is 0 Å². The Hall–Kier alpha value is -2.49. The van der Waals surface area contributed by atoms with Gasteiger partial charge in [0.05, 0.1) is 6.42 Å². The van der Waals surface area contributed by atoms with Crippen LogP contribution in [0.1, 0.15) is 47.1 Å². The smallest absolute Gasteiger partial charge is 0.317 e. The second-order valence-electron chi connectivity index (χ2n) is 8.59. The molecule has 0 saturated carbocycles. The Balaban J connectivity index is 2.25. The van der Waals surface area contributed by atoms with E-state index in [2.05, 4.69) is 5.16 Å². The molecule has 4 heteroatoms. The molecule has 1 aliphatic carbocycles. The van der Waals surface area contributed by atoms with Crippen LogP contribution in [-0.2, 0) is 20.8 Å². The van der Waals surface area contributed by atoms with E-state index in [0.29, 0.717) is 16.9 Å². The minimum absolute atomic E-state index is 0.0274. The number of hydrogen-bond donors (Lipinski definition) is 0. The van der Waals surface area contributed by atoms with Crippen molar-refractivity contribution in [1.29, 1.82) is 0 Å². The van der Waals surface area contributed by atoms with E-state index >= 15 is 0 Å². The number of ketones is 1. The number of benzene rings is 1. The van der Waals surface area contributed by atoms with Crippen LogP contribution in [-0.4, -0.2) is 17.5 Å². The third-order valence-corrected chi connectivity index (χ3v) is 4.13. The van der Waals surface area contributed by atoms with Crippen molar-refractivity contribution in [2.24, 2.45) is 16.0 Å². The first-order valence-corrected chi connectivity index (χ1v) is 8.79. The lowest BCUT2D eigenvalue weighted by molar-refractivity contribution is -0.142. The zero-order chi connectivity index (χ0) is 19.5. The van der Waals surface area contributed by atoms with Gasteiger partial charge in [-0.15, -0.1) is 0 Å². The van der Waals surface area contributed by atoms with Gasteiger partial charge < -0.3 is 4.84 Å². The van der Waals surface area contributed by atoms with E-state index in [-0.39, 0.29) is 23.0 Å². The molecule has 0 aliphatic heterocycles. The van der Waals surface area contributed by atoms with Crippen LogP contribution < -0.4 is 0 Å². The second kappa shape index (κ2) is 7.40. The first kappa shape index (κ1) is 19.8. The van der Waals surface area contributed by atoms with Crippen LogP contribution in [0.3, 0.4) is 0 Å². The van der Waals surface area contributed by atoms with Crippen LogP contribution in [0.15, 0.2) is 58.8 Å². The van der Waals surface area contributed by atoms with Crippen LogP contribution in [0.25, 0.3) is 0 Å². The predicted octanol–water partition coefficient (Wildman–Crippen LogP) is 4.66. The number of carbonyl (C=O) groups excluding carboxylic acids is 2. The summed E-state index contributed by atoms with van der Waals surface area (Å²) in [5, 5.41) is 4.00. The van der Waals surface area contributed by atoms with Gasteiger partial charge >= 0.3 is 5.97 Å². The van der Waals surface area contributed by atoms with Gasteiger partial charge in [0.25, 0.3) is 0 Å². The molecule has 0 spiro atoms. The Kier molecular flexibility index (Phi) is 5.65. The Bertz CT molecular complexity index is 749. The van der Waals surface area contributed by atoms with Gasteiger partial charge in [0.2, 0.25) is 0 Å². The fourth-order valence-electron chi connectivity index (χ4n) is 2.68. The third-order valence-electron chi connectivity index (χ3n) is 4.13. The highest BCUT2D eigenvalue weighted by molar-refractivity contribution is 6.22. The van der Waals surface area contributed by atoms with Gasteiger partial charge in [0.15, 0.2) is 5.78 Å². The lowest BCUT2D eigenvalue weighted by Gasteiger charge is -2.30. The first-order valence-electron chi connectivity index (χ1n) is 8.79. The quantitative estimate of drug-likeness (QED) is 0.451. The van der Waals surface area contributed by atoms with Gasteiger partial charge in [-0.3, -0.25) is 4.79 Å². The van der Waals surface area contributed by atoms with E-state index in [1.54, 1.807) is 12.2 Å². The zero-order valence-corrected chi connectivity index (χ0v) is 16.4. The van der Waals surface area contributed by atoms with Gasteiger partial charge in [-0.05, 0) is 28.5 Å². The molecule has 0 N–H and O–H groups in total. The molecule has 0 amide bonds. The summed E-state index contributed by atoms with van der Waals surface area (Å²) in [6, 6.07) is 9.37. The first-order chi connectivity index (χ1) is 12.0. The maximum Gasteiger partial charge on any atom is 0.339 e. The Morgan fingerprint density at radius 1 is 0.923 bits per heavy atom. The van der Waals surface area contributed by atoms with Gasteiger partial charge in [-0.1, -0.05) is 77.0 Å². The van der Waals surface area contributed by atoms with E-state index in [1.807, 2.05) is 71.9 Å². The lowest BCUT2D eigenvalue weighted by atomic mass is 9.72. The molecule has 2 rings (SSSR count). The summed E-state index contributed by atoms with van der Waals surface area (Å²) >= 11 is 0. The molecule has 0 unspecified atom stereocenters. The van der Waals surface area contributed by atoms with Crippen molar-refractivity contribution < 1.29 is 14.4 Å². The topological polar surface area (TPSA) is 55.7 Å². The summed E-state index contributed by atoms with van der Waals surface area (Å²) in [5.41, 5.74) is 2.05. The SMILES string of the molecule is CC(C)(C)C1=CC(=NOC(=O)Cc2ccccc2)C=C(C(C)(C)C)C1=O. The number of nitrogens with zero attached hydrogens (tertiary/aromatic N) is 1. The van der Waals surface area contributed by atoms with Crippen molar-refractivity contribution in [2.75, 3.05) is 0 Å². The van der Waals surface area contributed by atoms with E-state index < -0.39 is 5.97 Å². The van der Waals surface area contributed by atoms with Crippen LogP contribution in [0.2, 0.25) is 0 Å². The molecule has 1 aromatic rings. The van der Waals surface area contributed by atoms with Crippen LogP contribution >= 0.6 is 0 Å². The molecule has 0 fully saturated rings. The minimum atomic E-state index is -0.433. The van der Waals surface area contributed by atoms with Gasteiger partial charge in [0.1, 0.15) is 5.71 Å². The lowest BCUT2D eigenvalue weighted by Crippen LogP contribution is -2.29. The highest BCUT2D eigenvalue weighted by atomic mass is 16.7.